The van der Waals surface area contributed by atoms with E-state index in [9.17, 15) is 20.1 Å². The van der Waals surface area contributed by atoms with Crippen molar-refractivity contribution in [2.45, 2.75) is 20.0 Å². The molecule has 0 atom stereocenters. The highest BCUT2D eigenvalue weighted by Crippen LogP contribution is 2.37. The number of fused-ring (bicyclic) bond motifs is 1. The Morgan fingerprint density at radius 1 is 1.04 bits per heavy atom. The predicted molar refractivity (Wildman–Crippen MR) is 97.6 cm³/mol. The third-order valence-corrected chi connectivity index (χ3v) is 4.55. The van der Waals surface area contributed by atoms with Crippen LogP contribution in [0.15, 0.2) is 33.5 Å². The van der Waals surface area contributed by atoms with Crippen LogP contribution in [0.25, 0.3) is 22.3 Å². The molecule has 0 radical (unpaired) electrons. The molecule has 0 unspecified atom stereocenters. The molecule has 0 aliphatic carbocycles. The second-order valence-corrected chi connectivity index (χ2v) is 6.66. The fourth-order valence-corrected chi connectivity index (χ4v) is 3.19. The molecule has 140 valence electrons. The van der Waals surface area contributed by atoms with Gasteiger partial charge in [0, 0.05) is 17.7 Å². The lowest BCUT2D eigenvalue weighted by Gasteiger charge is -2.28. The van der Waals surface area contributed by atoms with Crippen LogP contribution in [0.5, 0.6) is 23.0 Å². The molecule has 1 aliphatic rings. The number of phenolic OH excluding ortho intramolecular Hbond substituents is 2. The van der Waals surface area contributed by atoms with E-state index in [1.807, 2.05) is 13.8 Å². The number of benzene rings is 2. The first-order chi connectivity index (χ1) is 12.8. The molecule has 1 aliphatic heterocycles. The summed E-state index contributed by atoms with van der Waals surface area (Å²) in [5, 5.41) is 29.7. The van der Waals surface area contributed by atoms with E-state index in [1.54, 1.807) is 12.1 Å². The maximum absolute atomic E-state index is 12.5. The molecule has 1 fully saturated rings. The van der Waals surface area contributed by atoms with Crippen LogP contribution in [0.1, 0.15) is 11.1 Å². The Bertz CT molecular complexity index is 1090. The van der Waals surface area contributed by atoms with Crippen molar-refractivity contribution in [2.75, 3.05) is 13.2 Å². The smallest absolute Gasteiger partial charge is 0.238 e. The average molecular weight is 370 g/mol. The first-order valence-corrected chi connectivity index (χ1v) is 8.43. The topological polar surface area (TPSA) is 109 Å². The molecule has 3 aromatic rings. The highest BCUT2D eigenvalue weighted by atomic mass is 16.6. The highest BCUT2D eigenvalue weighted by Gasteiger charge is 2.23. The average Bonchev–Trinajstić information content (AvgIpc) is 2.55. The minimum absolute atomic E-state index is 0.0196. The van der Waals surface area contributed by atoms with Gasteiger partial charge in [-0.15, -0.1) is 0 Å². The highest BCUT2D eigenvalue weighted by molar-refractivity contribution is 5.88. The number of phenols is 2. The minimum Gasteiger partial charge on any atom is -0.508 e. The van der Waals surface area contributed by atoms with Crippen molar-refractivity contribution < 1.29 is 29.2 Å². The van der Waals surface area contributed by atoms with Crippen LogP contribution in [0, 0.1) is 13.8 Å². The number of ether oxygens (including phenoxy) is 2. The SMILES string of the molecule is Cc1cc(-c2oc3cc(O)cc(O)c3c(=O)c2O)cc(C)c1OC1COC1. The molecule has 2 aromatic carbocycles. The van der Waals surface area contributed by atoms with Gasteiger partial charge in [0.2, 0.25) is 11.2 Å². The summed E-state index contributed by atoms with van der Waals surface area (Å²) in [6.45, 7) is 4.82. The Kier molecular flexibility index (Phi) is 3.96. The van der Waals surface area contributed by atoms with E-state index >= 15 is 0 Å². The quantitative estimate of drug-likeness (QED) is 0.650. The van der Waals surface area contributed by atoms with Gasteiger partial charge >= 0.3 is 0 Å². The first kappa shape index (κ1) is 17.2. The second kappa shape index (κ2) is 6.21. The lowest BCUT2D eigenvalue weighted by molar-refractivity contribution is -0.0801. The summed E-state index contributed by atoms with van der Waals surface area (Å²) < 4.78 is 16.7. The molecular formula is C20H18O7. The molecule has 0 spiro atoms. The van der Waals surface area contributed by atoms with Crippen LogP contribution >= 0.6 is 0 Å². The first-order valence-electron chi connectivity index (χ1n) is 8.43. The Morgan fingerprint density at radius 3 is 2.30 bits per heavy atom. The summed E-state index contributed by atoms with van der Waals surface area (Å²) in [5.41, 5.74) is 1.33. The Balaban J connectivity index is 1.87. The third kappa shape index (κ3) is 2.86. The standard InChI is InChI=1S/C20H18O7/c1-9-3-11(4-10(2)19(9)26-13-7-25-8-13)20-18(24)17(23)16-14(22)5-12(21)6-15(16)27-20/h3-6,13,21-22,24H,7-8H2,1-2H3. The Morgan fingerprint density at radius 2 is 1.70 bits per heavy atom. The summed E-state index contributed by atoms with van der Waals surface area (Å²) in [6.07, 6.45) is 0.0196. The predicted octanol–water partition coefficient (Wildman–Crippen LogP) is 2.97. The molecule has 1 aromatic heterocycles. The van der Waals surface area contributed by atoms with Crippen LogP contribution in [0.3, 0.4) is 0 Å². The van der Waals surface area contributed by atoms with Gasteiger partial charge in [-0.3, -0.25) is 4.79 Å². The van der Waals surface area contributed by atoms with Crippen molar-refractivity contribution in [2.24, 2.45) is 0 Å². The van der Waals surface area contributed by atoms with Crippen molar-refractivity contribution in [1.29, 1.82) is 0 Å². The molecule has 0 saturated carbocycles. The number of aromatic hydroxyl groups is 3. The van der Waals surface area contributed by atoms with Gasteiger partial charge in [0.15, 0.2) is 5.76 Å². The molecule has 1 saturated heterocycles. The van der Waals surface area contributed by atoms with E-state index in [4.69, 9.17) is 13.9 Å². The summed E-state index contributed by atoms with van der Waals surface area (Å²) in [6, 6.07) is 5.72. The maximum atomic E-state index is 12.5. The third-order valence-electron chi connectivity index (χ3n) is 4.55. The number of aryl methyl sites for hydroxylation is 2. The molecule has 7 nitrogen and oxygen atoms in total. The lowest BCUT2D eigenvalue weighted by atomic mass is 10.0. The molecule has 4 rings (SSSR count). The minimum atomic E-state index is -0.772. The summed E-state index contributed by atoms with van der Waals surface area (Å²) in [5.74, 6) is -0.631. The Hall–Kier alpha value is -3.19. The maximum Gasteiger partial charge on any atom is 0.238 e. The number of hydrogen-bond donors (Lipinski definition) is 3. The van der Waals surface area contributed by atoms with Crippen molar-refractivity contribution in [3.63, 3.8) is 0 Å². The van der Waals surface area contributed by atoms with E-state index in [-0.39, 0.29) is 28.6 Å². The van der Waals surface area contributed by atoms with Crippen LogP contribution in [0.2, 0.25) is 0 Å². The fraction of sp³-hybridized carbons (Fsp3) is 0.250. The zero-order valence-corrected chi connectivity index (χ0v) is 14.8. The van der Waals surface area contributed by atoms with E-state index < -0.39 is 16.9 Å². The summed E-state index contributed by atoms with van der Waals surface area (Å²) in [4.78, 5) is 12.5. The van der Waals surface area contributed by atoms with E-state index in [1.165, 1.54) is 6.07 Å². The van der Waals surface area contributed by atoms with Crippen molar-refractivity contribution in [1.82, 2.24) is 0 Å². The Labute approximate surface area is 154 Å². The van der Waals surface area contributed by atoms with Gasteiger partial charge in [0.25, 0.3) is 0 Å². The van der Waals surface area contributed by atoms with Crippen molar-refractivity contribution in [3.05, 3.63) is 45.6 Å². The van der Waals surface area contributed by atoms with Gasteiger partial charge < -0.3 is 29.2 Å². The monoisotopic (exact) mass is 370 g/mol. The van der Waals surface area contributed by atoms with Crippen molar-refractivity contribution in [3.8, 4) is 34.3 Å². The number of hydrogen-bond acceptors (Lipinski definition) is 7. The normalized spacial score (nSPS) is 14.3. The van der Waals surface area contributed by atoms with E-state index in [0.717, 1.165) is 22.9 Å². The van der Waals surface area contributed by atoms with Crippen LogP contribution in [-0.4, -0.2) is 34.6 Å². The molecule has 27 heavy (non-hydrogen) atoms. The van der Waals surface area contributed by atoms with Crippen LogP contribution in [-0.2, 0) is 4.74 Å². The summed E-state index contributed by atoms with van der Waals surface area (Å²) in [7, 11) is 0. The van der Waals surface area contributed by atoms with Gasteiger partial charge in [0.05, 0.1) is 13.2 Å². The fourth-order valence-electron chi connectivity index (χ4n) is 3.19. The van der Waals surface area contributed by atoms with E-state index in [0.29, 0.717) is 18.8 Å². The van der Waals surface area contributed by atoms with Gasteiger partial charge in [-0.2, -0.15) is 0 Å². The van der Waals surface area contributed by atoms with E-state index in [2.05, 4.69) is 0 Å². The molecule has 7 heteroatoms. The van der Waals surface area contributed by atoms with Gasteiger partial charge in [-0.1, -0.05) is 0 Å². The van der Waals surface area contributed by atoms with Crippen LogP contribution < -0.4 is 10.2 Å². The van der Waals surface area contributed by atoms with Crippen LogP contribution in [0.4, 0.5) is 0 Å². The lowest BCUT2D eigenvalue weighted by Crippen LogP contribution is -2.38. The zero-order chi connectivity index (χ0) is 19.3. The number of rotatable bonds is 3. The second-order valence-electron chi connectivity index (χ2n) is 6.66. The van der Waals surface area contributed by atoms with Gasteiger partial charge in [-0.25, -0.2) is 0 Å². The van der Waals surface area contributed by atoms with Gasteiger partial charge in [0.1, 0.15) is 34.3 Å². The summed E-state index contributed by atoms with van der Waals surface area (Å²) >= 11 is 0. The van der Waals surface area contributed by atoms with Crippen molar-refractivity contribution >= 4 is 11.0 Å². The zero-order valence-electron chi connectivity index (χ0n) is 14.8. The largest absolute Gasteiger partial charge is 0.508 e. The molecule has 2 heterocycles. The van der Waals surface area contributed by atoms with Gasteiger partial charge in [-0.05, 0) is 37.1 Å². The molecule has 3 N–H and O–H groups in total. The molecule has 0 bridgehead atoms. The molecular weight excluding hydrogens is 352 g/mol. The molecule has 0 amide bonds.